The Hall–Kier alpha value is -0.770. The van der Waals surface area contributed by atoms with Crippen LogP contribution in [0.2, 0.25) is 5.02 Å². The molecule has 18 heavy (non-hydrogen) atoms. The van der Waals surface area contributed by atoms with E-state index in [4.69, 9.17) is 21.1 Å². The van der Waals surface area contributed by atoms with Crippen molar-refractivity contribution in [3.8, 4) is 5.75 Å². The average molecular weight is 270 g/mol. The minimum Gasteiger partial charge on any atom is -0.495 e. The van der Waals surface area contributed by atoms with E-state index in [0.29, 0.717) is 10.9 Å². The van der Waals surface area contributed by atoms with E-state index in [1.165, 1.54) is 12.0 Å². The molecule has 0 radical (unpaired) electrons. The van der Waals surface area contributed by atoms with Crippen molar-refractivity contribution in [2.24, 2.45) is 5.92 Å². The summed E-state index contributed by atoms with van der Waals surface area (Å²) in [4.78, 5) is 0. The summed E-state index contributed by atoms with van der Waals surface area (Å²) in [5.41, 5.74) is 1.32. The molecule has 0 spiro atoms. The summed E-state index contributed by atoms with van der Waals surface area (Å²) in [6.07, 6.45) is 1.24. The lowest BCUT2D eigenvalue weighted by Gasteiger charge is -2.06. The first kappa shape index (κ1) is 13.7. The van der Waals surface area contributed by atoms with Crippen molar-refractivity contribution in [3.05, 3.63) is 28.8 Å². The monoisotopic (exact) mass is 269 g/mol. The third kappa shape index (κ3) is 3.37. The normalized spacial score (nSPS) is 21.9. The van der Waals surface area contributed by atoms with Gasteiger partial charge in [-0.3, -0.25) is 0 Å². The van der Waals surface area contributed by atoms with E-state index in [0.717, 1.165) is 31.4 Å². The van der Waals surface area contributed by atoms with Gasteiger partial charge in [0.15, 0.2) is 0 Å². The molecule has 1 N–H and O–H groups in total. The van der Waals surface area contributed by atoms with Crippen LogP contribution in [0.25, 0.3) is 0 Å². The molecular formula is C14H20ClNO2. The highest BCUT2D eigenvalue weighted by molar-refractivity contribution is 6.32. The minimum atomic E-state index is 0.642. The SMILES string of the molecule is COCCNCC1CC1c1ccc(OC)c(Cl)c1. The Labute approximate surface area is 113 Å². The topological polar surface area (TPSA) is 30.5 Å². The molecule has 2 unspecified atom stereocenters. The van der Waals surface area contributed by atoms with Gasteiger partial charge in [0.25, 0.3) is 0 Å². The summed E-state index contributed by atoms with van der Waals surface area (Å²) < 4.78 is 10.2. The molecule has 2 rings (SSSR count). The van der Waals surface area contributed by atoms with E-state index < -0.39 is 0 Å². The van der Waals surface area contributed by atoms with E-state index in [9.17, 15) is 0 Å². The van der Waals surface area contributed by atoms with Gasteiger partial charge in [-0.1, -0.05) is 17.7 Å². The molecule has 1 aromatic rings. The predicted molar refractivity (Wildman–Crippen MR) is 73.6 cm³/mol. The van der Waals surface area contributed by atoms with E-state index in [1.54, 1.807) is 14.2 Å². The Morgan fingerprint density at radius 3 is 2.89 bits per heavy atom. The molecular weight excluding hydrogens is 250 g/mol. The van der Waals surface area contributed by atoms with Crippen LogP contribution in [0.4, 0.5) is 0 Å². The number of hydrogen-bond donors (Lipinski definition) is 1. The summed E-state index contributed by atoms with van der Waals surface area (Å²) in [6.45, 7) is 2.74. The molecule has 1 aliphatic rings. The van der Waals surface area contributed by atoms with Crippen molar-refractivity contribution in [1.29, 1.82) is 0 Å². The smallest absolute Gasteiger partial charge is 0.137 e. The van der Waals surface area contributed by atoms with Crippen molar-refractivity contribution in [2.45, 2.75) is 12.3 Å². The molecule has 100 valence electrons. The molecule has 0 aromatic heterocycles. The maximum atomic E-state index is 6.14. The van der Waals surface area contributed by atoms with Crippen LogP contribution in [-0.4, -0.2) is 33.9 Å². The third-order valence-corrected chi connectivity index (χ3v) is 3.71. The van der Waals surface area contributed by atoms with Gasteiger partial charge in [0.2, 0.25) is 0 Å². The number of rotatable bonds is 7. The average Bonchev–Trinajstić information content (AvgIpc) is 3.14. The Bertz CT molecular complexity index is 397. The summed E-state index contributed by atoms with van der Waals surface area (Å²) in [5.74, 6) is 2.12. The first-order chi connectivity index (χ1) is 8.76. The second-order valence-corrected chi connectivity index (χ2v) is 5.10. The molecule has 0 bridgehead atoms. The van der Waals surface area contributed by atoms with Crippen molar-refractivity contribution < 1.29 is 9.47 Å². The van der Waals surface area contributed by atoms with Crippen molar-refractivity contribution in [1.82, 2.24) is 5.32 Å². The van der Waals surface area contributed by atoms with Crippen LogP contribution in [0.15, 0.2) is 18.2 Å². The molecule has 1 aromatic carbocycles. The minimum absolute atomic E-state index is 0.642. The van der Waals surface area contributed by atoms with E-state index in [1.807, 2.05) is 12.1 Å². The van der Waals surface area contributed by atoms with Gasteiger partial charge in [-0.05, 0) is 42.5 Å². The predicted octanol–water partition coefficient (Wildman–Crippen LogP) is 2.69. The van der Waals surface area contributed by atoms with E-state index in [-0.39, 0.29) is 0 Å². The second-order valence-electron chi connectivity index (χ2n) is 4.69. The van der Waals surface area contributed by atoms with Gasteiger partial charge >= 0.3 is 0 Å². The van der Waals surface area contributed by atoms with Crippen molar-refractivity contribution >= 4 is 11.6 Å². The number of hydrogen-bond acceptors (Lipinski definition) is 3. The molecule has 1 fully saturated rings. The van der Waals surface area contributed by atoms with E-state index in [2.05, 4.69) is 11.4 Å². The zero-order valence-electron chi connectivity index (χ0n) is 10.9. The largest absolute Gasteiger partial charge is 0.495 e. The fourth-order valence-corrected chi connectivity index (χ4v) is 2.52. The summed E-state index contributed by atoms with van der Waals surface area (Å²) >= 11 is 6.14. The van der Waals surface area contributed by atoms with Crippen LogP contribution < -0.4 is 10.1 Å². The highest BCUT2D eigenvalue weighted by atomic mass is 35.5. The van der Waals surface area contributed by atoms with Crippen molar-refractivity contribution in [3.63, 3.8) is 0 Å². The molecule has 2 atom stereocenters. The molecule has 0 amide bonds. The summed E-state index contributed by atoms with van der Waals surface area (Å²) in [6, 6.07) is 6.09. The van der Waals surface area contributed by atoms with Crippen molar-refractivity contribution in [2.75, 3.05) is 33.9 Å². The highest BCUT2D eigenvalue weighted by Crippen LogP contribution is 2.48. The van der Waals surface area contributed by atoms with Crippen LogP contribution in [-0.2, 0) is 4.74 Å². The summed E-state index contributed by atoms with van der Waals surface area (Å²) in [7, 11) is 3.36. The first-order valence-electron chi connectivity index (χ1n) is 6.29. The summed E-state index contributed by atoms with van der Waals surface area (Å²) in [5, 5.41) is 4.10. The Balaban J connectivity index is 1.82. The van der Waals surface area contributed by atoms with Gasteiger partial charge in [-0.25, -0.2) is 0 Å². The second kappa shape index (κ2) is 6.41. The number of methoxy groups -OCH3 is 2. The van der Waals surface area contributed by atoms with Crippen LogP contribution in [0.5, 0.6) is 5.75 Å². The zero-order valence-corrected chi connectivity index (χ0v) is 11.7. The van der Waals surface area contributed by atoms with Gasteiger partial charge in [0, 0.05) is 13.7 Å². The molecule has 0 heterocycles. The number of halogens is 1. The molecule has 0 saturated heterocycles. The lowest BCUT2D eigenvalue weighted by Crippen LogP contribution is -2.21. The van der Waals surface area contributed by atoms with Gasteiger partial charge in [0.05, 0.1) is 18.7 Å². The molecule has 1 aliphatic carbocycles. The lowest BCUT2D eigenvalue weighted by atomic mass is 10.1. The quantitative estimate of drug-likeness (QED) is 0.772. The van der Waals surface area contributed by atoms with Crippen LogP contribution in [0.1, 0.15) is 17.9 Å². The zero-order chi connectivity index (χ0) is 13.0. The molecule has 3 nitrogen and oxygen atoms in total. The Morgan fingerprint density at radius 2 is 2.22 bits per heavy atom. The first-order valence-corrected chi connectivity index (χ1v) is 6.67. The maximum Gasteiger partial charge on any atom is 0.137 e. The maximum absolute atomic E-state index is 6.14. The standard InChI is InChI=1S/C14H20ClNO2/c1-17-6-5-16-9-11-7-12(11)10-3-4-14(18-2)13(15)8-10/h3-4,8,11-12,16H,5-7,9H2,1-2H3. The number of ether oxygens (including phenoxy) is 2. The Morgan fingerprint density at radius 1 is 1.39 bits per heavy atom. The third-order valence-electron chi connectivity index (χ3n) is 3.42. The Kier molecular flexibility index (Phi) is 4.87. The van der Waals surface area contributed by atoms with Gasteiger partial charge in [0.1, 0.15) is 5.75 Å². The van der Waals surface area contributed by atoms with Gasteiger partial charge in [-0.15, -0.1) is 0 Å². The fraction of sp³-hybridized carbons (Fsp3) is 0.571. The lowest BCUT2D eigenvalue weighted by molar-refractivity contribution is 0.199. The van der Waals surface area contributed by atoms with Gasteiger partial charge in [-0.2, -0.15) is 0 Å². The van der Waals surface area contributed by atoms with Crippen LogP contribution >= 0.6 is 11.6 Å². The molecule has 0 aliphatic heterocycles. The fourth-order valence-electron chi connectivity index (χ4n) is 2.26. The number of benzene rings is 1. The molecule has 4 heteroatoms. The van der Waals surface area contributed by atoms with E-state index >= 15 is 0 Å². The molecule has 1 saturated carbocycles. The number of nitrogens with one attached hydrogen (secondary N) is 1. The van der Waals surface area contributed by atoms with Crippen LogP contribution in [0.3, 0.4) is 0 Å². The highest BCUT2D eigenvalue weighted by Gasteiger charge is 2.37. The van der Waals surface area contributed by atoms with Crippen LogP contribution in [0, 0.1) is 5.92 Å². The van der Waals surface area contributed by atoms with Gasteiger partial charge < -0.3 is 14.8 Å².